The fourth-order valence-electron chi connectivity index (χ4n) is 4.75. The molecular formula is C23H25ClN6O. The number of aryl methyl sites for hydroxylation is 1. The summed E-state index contributed by atoms with van der Waals surface area (Å²) >= 11 is 6.67. The maximum atomic E-state index is 12.4. The Morgan fingerprint density at radius 2 is 1.81 bits per heavy atom. The van der Waals surface area contributed by atoms with Crippen LogP contribution in [0.2, 0.25) is 5.02 Å². The molecule has 2 saturated heterocycles. The van der Waals surface area contributed by atoms with Gasteiger partial charge in [0.15, 0.2) is 0 Å². The minimum atomic E-state index is -0.230. The third-order valence-corrected chi connectivity index (χ3v) is 7.01. The minimum absolute atomic E-state index is 0.192. The largest absolute Gasteiger partial charge is 0.382 e. The number of nitrogens with zero attached hydrogens (tertiary/aromatic N) is 4. The van der Waals surface area contributed by atoms with Gasteiger partial charge in [-0.2, -0.15) is 5.10 Å². The van der Waals surface area contributed by atoms with Crippen LogP contribution >= 0.6 is 11.6 Å². The molecule has 2 aromatic heterocycles. The average Bonchev–Trinajstić information content (AvgIpc) is 3.37. The molecule has 1 amide bonds. The summed E-state index contributed by atoms with van der Waals surface area (Å²) in [7, 11) is 1.91. The number of hydrogen-bond donors (Lipinski definition) is 2. The van der Waals surface area contributed by atoms with Crippen molar-refractivity contribution in [2.75, 3.05) is 30.3 Å². The van der Waals surface area contributed by atoms with Crippen LogP contribution < -0.4 is 16.0 Å². The Bertz CT molecular complexity index is 1130. The first kappa shape index (κ1) is 19.9. The Kier molecular flexibility index (Phi) is 4.85. The number of carbonyl (C=O) groups is 1. The van der Waals surface area contributed by atoms with Gasteiger partial charge in [0, 0.05) is 50.2 Å². The first-order chi connectivity index (χ1) is 15.0. The Balaban J connectivity index is 1.47. The van der Waals surface area contributed by atoms with Crippen molar-refractivity contribution in [3.63, 3.8) is 0 Å². The van der Waals surface area contributed by atoms with Crippen molar-refractivity contribution in [1.29, 1.82) is 0 Å². The van der Waals surface area contributed by atoms with Crippen molar-refractivity contribution in [2.45, 2.75) is 19.3 Å². The predicted octanol–water partition coefficient (Wildman–Crippen LogP) is 3.49. The van der Waals surface area contributed by atoms with Crippen LogP contribution in [-0.2, 0) is 11.8 Å². The maximum absolute atomic E-state index is 12.4. The van der Waals surface area contributed by atoms with E-state index in [9.17, 15) is 4.79 Å². The summed E-state index contributed by atoms with van der Waals surface area (Å²) in [4.78, 5) is 18.9. The minimum Gasteiger partial charge on any atom is -0.382 e. The molecule has 5 rings (SSSR count). The lowest BCUT2D eigenvalue weighted by atomic mass is 9.77. The van der Waals surface area contributed by atoms with E-state index in [2.05, 4.69) is 44.6 Å². The summed E-state index contributed by atoms with van der Waals surface area (Å²) in [6.07, 6.45) is 6.26. The number of amides is 1. The number of nitrogens with two attached hydrogens (primary N) is 1. The first-order valence-corrected chi connectivity index (χ1v) is 10.9. The topological polar surface area (TPSA) is 89.1 Å². The molecule has 7 nitrogen and oxygen atoms in total. The number of carbonyl (C=O) groups excluding carboxylic acids is 1. The lowest BCUT2D eigenvalue weighted by Gasteiger charge is -2.39. The van der Waals surface area contributed by atoms with Crippen molar-refractivity contribution in [2.24, 2.45) is 12.5 Å². The molecule has 160 valence electrons. The Labute approximate surface area is 186 Å². The van der Waals surface area contributed by atoms with Crippen LogP contribution in [0, 0.1) is 5.41 Å². The van der Waals surface area contributed by atoms with Crippen LogP contribution in [0.4, 0.5) is 11.5 Å². The standard InChI is InChI=1S/C23H25ClN6O/c1-29-11-6-18(28-29)16-4-2-15(3-5-16)17-14-27-21(25)19(24)20(17)30-12-8-23(9-13-30)7-10-26-22(23)31/h2-6,11,14H,7-10,12-13H2,1H3,(H2,25,27)(H,26,31). The predicted molar refractivity (Wildman–Crippen MR) is 123 cm³/mol. The highest BCUT2D eigenvalue weighted by atomic mass is 35.5. The van der Waals surface area contributed by atoms with E-state index in [0.717, 1.165) is 67.0 Å². The van der Waals surface area contributed by atoms with Crippen LogP contribution in [0.3, 0.4) is 0 Å². The van der Waals surface area contributed by atoms with E-state index in [1.807, 2.05) is 19.3 Å². The van der Waals surface area contributed by atoms with Crippen molar-refractivity contribution in [1.82, 2.24) is 20.1 Å². The van der Waals surface area contributed by atoms with Crippen LogP contribution in [0.1, 0.15) is 19.3 Å². The van der Waals surface area contributed by atoms with Gasteiger partial charge in [0.25, 0.3) is 0 Å². The molecule has 0 saturated carbocycles. The van der Waals surface area contributed by atoms with E-state index in [4.69, 9.17) is 17.3 Å². The van der Waals surface area contributed by atoms with Gasteiger partial charge in [-0.25, -0.2) is 4.98 Å². The second kappa shape index (κ2) is 7.57. The Morgan fingerprint density at radius 1 is 1.10 bits per heavy atom. The molecule has 0 aliphatic carbocycles. The average molecular weight is 437 g/mol. The van der Waals surface area contributed by atoms with Gasteiger partial charge in [-0.1, -0.05) is 35.9 Å². The van der Waals surface area contributed by atoms with Gasteiger partial charge in [0.2, 0.25) is 5.91 Å². The van der Waals surface area contributed by atoms with Crippen LogP contribution in [-0.4, -0.2) is 40.3 Å². The summed E-state index contributed by atoms with van der Waals surface area (Å²) < 4.78 is 1.79. The molecule has 8 heteroatoms. The van der Waals surface area contributed by atoms with Crippen LogP contribution in [0.15, 0.2) is 42.7 Å². The number of pyridine rings is 1. The lowest BCUT2D eigenvalue weighted by Crippen LogP contribution is -2.44. The molecule has 2 aliphatic rings. The summed E-state index contributed by atoms with van der Waals surface area (Å²) in [5, 5.41) is 7.93. The summed E-state index contributed by atoms with van der Waals surface area (Å²) in [6.45, 7) is 2.29. The molecule has 2 aliphatic heterocycles. The first-order valence-electron chi connectivity index (χ1n) is 10.5. The molecule has 3 N–H and O–H groups in total. The van der Waals surface area contributed by atoms with Gasteiger partial charge < -0.3 is 16.0 Å². The van der Waals surface area contributed by atoms with Crippen molar-refractivity contribution >= 4 is 29.0 Å². The van der Waals surface area contributed by atoms with Crippen molar-refractivity contribution in [3.8, 4) is 22.4 Å². The van der Waals surface area contributed by atoms with Crippen molar-refractivity contribution in [3.05, 3.63) is 47.7 Å². The summed E-state index contributed by atoms with van der Waals surface area (Å²) in [5.41, 5.74) is 10.7. The molecule has 0 radical (unpaired) electrons. The highest BCUT2D eigenvalue weighted by Gasteiger charge is 2.44. The number of nitrogens with one attached hydrogen (secondary N) is 1. The fraction of sp³-hybridized carbons (Fsp3) is 0.348. The molecule has 0 bridgehead atoms. The lowest BCUT2D eigenvalue weighted by molar-refractivity contribution is -0.128. The maximum Gasteiger partial charge on any atom is 0.226 e. The van der Waals surface area contributed by atoms with E-state index >= 15 is 0 Å². The number of hydrogen-bond acceptors (Lipinski definition) is 5. The molecule has 0 unspecified atom stereocenters. The second-order valence-electron chi connectivity index (χ2n) is 8.44. The van der Waals surface area contributed by atoms with Crippen LogP contribution in [0.5, 0.6) is 0 Å². The summed E-state index contributed by atoms with van der Waals surface area (Å²) in [5.74, 6) is 0.516. The Morgan fingerprint density at radius 3 is 2.42 bits per heavy atom. The zero-order valence-corrected chi connectivity index (χ0v) is 18.2. The number of anilines is 2. The molecule has 2 fully saturated rings. The van der Waals surface area contributed by atoms with Gasteiger partial charge in [-0.05, 0) is 30.9 Å². The van der Waals surface area contributed by atoms with Crippen LogP contribution in [0.25, 0.3) is 22.4 Å². The SMILES string of the molecule is Cn1ccc(-c2ccc(-c3cnc(N)c(Cl)c3N3CCC4(CCNC4=O)CC3)cc2)n1. The fourth-order valence-corrected chi connectivity index (χ4v) is 5.02. The van der Waals surface area contributed by atoms with E-state index in [-0.39, 0.29) is 11.3 Å². The number of benzene rings is 1. The van der Waals surface area contributed by atoms with E-state index in [0.29, 0.717) is 10.8 Å². The van der Waals surface area contributed by atoms with Gasteiger partial charge >= 0.3 is 0 Å². The number of aromatic nitrogens is 3. The molecule has 3 aromatic rings. The third kappa shape index (κ3) is 3.43. The van der Waals surface area contributed by atoms with Crippen molar-refractivity contribution < 1.29 is 4.79 Å². The second-order valence-corrected chi connectivity index (χ2v) is 8.82. The number of halogens is 1. The third-order valence-electron chi connectivity index (χ3n) is 6.63. The molecule has 1 aromatic carbocycles. The smallest absolute Gasteiger partial charge is 0.226 e. The quantitative estimate of drug-likeness (QED) is 0.656. The Hall–Kier alpha value is -3.06. The molecule has 1 spiro atoms. The zero-order valence-electron chi connectivity index (χ0n) is 17.4. The molecular weight excluding hydrogens is 412 g/mol. The van der Waals surface area contributed by atoms with Gasteiger partial charge in [0.05, 0.1) is 16.8 Å². The van der Waals surface area contributed by atoms with Gasteiger partial charge in [-0.15, -0.1) is 0 Å². The van der Waals surface area contributed by atoms with E-state index in [1.54, 1.807) is 10.9 Å². The van der Waals surface area contributed by atoms with E-state index in [1.165, 1.54) is 0 Å². The molecule has 31 heavy (non-hydrogen) atoms. The highest BCUT2D eigenvalue weighted by molar-refractivity contribution is 6.36. The number of rotatable bonds is 3. The van der Waals surface area contributed by atoms with Gasteiger partial charge in [0.1, 0.15) is 10.8 Å². The number of piperidine rings is 1. The summed E-state index contributed by atoms with van der Waals surface area (Å²) in [6, 6.07) is 10.2. The molecule has 4 heterocycles. The monoisotopic (exact) mass is 436 g/mol. The number of nitrogen functional groups attached to an aromatic ring is 1. The van der Waals surface area contributed by atoms with Gasteiger partial charge in [-0.3, -0.25) is 9.48 Å². The van der Waals surface area contributed by atoms with E-state index < -0.39 is 0 Å². The molecule has 0 atom stereocenters. The highest BCUT2D eigenvalue weighted by Crippen LogP contribution is 2.44. The normalized spacial score (nSPS) is 17.9. The zero-order chi connectivity index (χ0) is 21.6.